The highest BCUT2D eigenvalue weighted by atomic mass is 16.5. The summed E-state index contributed by atoms with van der Waals surface area (Å²) < 4.78 is 5.96. The molecule has 1 aliphatic heterocycles. The lowest BCUT2D eigenvalue weighted by Gasteiger charge is -2.43. The molecule has 4 nitrogen and oxygen atoms in total. The Morgan fingerprint density at radius 2 is 2.15 bits per heavy atom. The molecule has 4 heteroatoms. The van der Waals surface area contributed by atoms with Crippen molar-refractivity contribution in [2.75, 3.05) is 23.7 Å². The molecule has 2 heterocycles. The van der Waals surface area contributed by atoms with Gasteiger partial charge in [0.05, 0.1) is 23.1 Å². The maximum absolute atomic E-state index is 6.37. The summed E-state index contributed by atoms with van der Waals surface area (Å²) in [7, 11) is 0. The van der Waals surface area contributed by atoms with Gasteiger partial charge >= 0.3 is 0 Å². The fourth-order valence-corrected chi connectivity index (χ4v) is 3.09. The first kappa shape index (κ1) is 13.2. The van der Waals surface area contributed by atoms with Crippen molar-refractivity contribution >= 4 is 22.1 Å². The van der Waals surface area contributed by atoms with E-state index in [1.54, 1.807) is 6.20 Å². The van der Waals surface area contributed by atoms with Gasteiger partial charge in [0, 0.05) is 36.3 Å². The Bertz CT molecular complexity index is 639. The quantitative estimate of drug-likeness (QED) is 0.810. The molecule has 2 N–H and O–H groups in total. The highest BCUT2D eigenvalue weighted by molar-refractivity contribution is 5.98. The van der Waals surface area contributed by atoms with Crippen molar-refractivity contribution in [3.05, 3.63) is 30.6 Å². The number of hydrogen-bond acceptors (Lipinski definition) is 4. The number of hydrogen-bond donors (Lipinski definition) is 1. The number of aromatic nitrogens is 1. The van der Waals surface area contributed by atoms with Crippen LogP contribution in [0.1, 0.15) is 20.8 Å². The molecule has 1 aromatic carbocycles. The average molecular weight is 271 g/mol. The fraction of sp³-hybridized carbons (Fsp3) is 0.438. The monoisotopic (exact) mass is 271 g/mol. The van der Waals surface area contributed by atoms with Crippen molar-refractivity contribution in [3.63, 3.8) is 0 Å². The van der Waals surface area contributed by atoms with Crippen LogP contribution < -0.4 is 10.6 Å². The van der Waals surface area contributed by atoms with Gasteiger partial charge in [-0.25, -0.2) is 0 Å². The second kappa shape index (κ2) is 4.63. The van der Waals surface area contributed by atoms with Crippen LogP contribution in [0.15, 0.2) is 30.6 Å². The van der Waals surface area contributed by atoms with Crippen LogP contribution in [0.4, 0.5) is 11.4 Å². The molecule has 0 amide bonds. The summed E-state index contributed by atoms with van der Waals surface area (Å²) in [4.78, 5) is 6.46. The molecule has 2 aromatic rings. The minimum absolute atomic E-state index is 0.155. The van der Waals surface area contributed by atoms with E-state index in [0.717, 1.165) is 35.2 Å². The van der Waals surface area contributed by atoms with Gasteiger partial charge in [0.25, 0.3) is 0 Å². The number of ether oxygens (including phenoxy) is 1. The number of benzene rings is 1. The van der Waals surface area contributed by atoms with E-state index < -0.39 is 0 Å². The van der Waals surface area contributed by atoms with Crippen molar-refractivity contribution in [1.82, 2.24) is 4.98 Å². The SMILES string of the molecule is CC1CN(c2ccc3cnccc3c2N)CC(C)(C)O1. The van der Waals surface area contributed by atoms with E-state index >= 15 is 0 Å². The standard InChI is InChI=1S/C16H21N3O/c1-11-9-19(10-16(2,3)20-11)14-5-4-12-8-18-7-6-13(12)15(14)17/h4-8,11H,9-10,17H2,1-3H3. The summed E-state index contributed by atoms with van der Waals surface area (Å²) in [5.41, 5.74) is 8.14. The van der Waals surface area contributed by atoms with E-state index in [0.29, 0.717) is 0 Å². The number of fused-ring (bicyclic) bond motifs is 1. The van der Waals surface area contributed by atoms with Gasteiger partial charge in [-0.2, -0.15) is 0 Å². The van der Waals surface area contributed by atoms with Crippen LogP contribution in [0.3, 0.4) is 0 Å². The number of nitrogens with two attached hydrogens (primary N) is 1. The van der Waals surface area contributed by atoms with E-state index in [2.05, 4.69) is 42.8 Å². The van der Waals surface area contributed by atoms with Gasteiger partial charge < -0.3 is 15.4 Å². The molecule has 20 heavy (non-hydrogen) atoms. The number of morpholine rings is 1. The number of nitrogens with zero attached hydrogens (tertiary/aromatic N) is 2. The van der Waals surface area contributed by atoms with Gasteiger partial charge in [-0.1, -0.05) is 6.07 Å². The van der Waals surface area contributed by atoms with Crippen molar-refractivity contribution < 1.29 is 4.74 Å². The molecule has 0 aliphatic carbocycles. The minimum Gasteiger partial charge on any atom is -0.397 e. The third-order valence-corrected chi connectivity index (χ3v) is 3.75. The molecule has 106 valence electrons. The minimum atomic E-state index is -0.155. The Kier molecular flexibility index (Phi) is 3.05. The summed E-state index contributed by atoms with van der Waals surface area (Å²) in [5.74, 6) is 0. The number of rotatable bonds is 1. The van der Waals surface area contributed by atoms with Gasteiger partial charge in [-0.15, -0.1) is 0 Å². The Morgan fingerprint density at radius 3 is 2.90 bits per heavy atom. The Morgan fingerprint density at radius 1 is 1.35 bits per heavy atom. The zero-order chi connectivity index (χ0) is 14.3. The summed E-state index contributed by atoms with van der Waals surface area (Å²) in [6, 6.07) is 6.15. The Balaban J connectivity index is 2.03. The molecule has 0 spiro atoms. The zero-order valence-electron chi connectivity index (χ0n) is 12.3. The van der Waals surface area contributed by atoms with Gasteiger partial charge in [-0.3, -0.25) is 4.98 Å². The average Bonchev–Trinajstić information content (AvgIpc) is 2.37. The molecule has 1 aromatic heterocycles. The van der Waals surface area contributed by atoms with Gasteiger partial charge in [0.15, 0.2) is 0 Å². The number of nitrogen functional groups attached to an aromatic ring is 1. The summed E-state index contributed by atoms with van der Waals surface area (Å²) in [6.07, 6.45) is 3.83. The van der Waals surface area contributed by atoms with Gasteiger partial charge in [-0.05, 0) is 32.9 Å². The van der Waals surface area contributed by atoms with Crippen LogP contribution in [-0.4, -0.2) is 29.8 Å². The van der Waals surface area contributed by atoms with Crippen molar-refractivity contribution in [2.24, 2.45) is 0 Å². The zero-order valence-corrected chi connectivity index (χ0v) is 12.3. The summed E-state index contributed by atoms with van der Waals surface area (Å²) in [6.45, 7) is 8.06. The second-order valence-electron chi connectivity index (χ2n) is 6.16. The van der Waals surface area contributed by atoms with Crippen LogP contribution in [0.2, 0.25) is 0 Å². The molecular weight excluding hydrogens is 250 g/mol. The lowest BCUT2D eigenvalue weighted by molar-refractivity contribution is -0.0749. The van der Waals surface area contributed by atoms with Crippen LogP contribution >= 0.6 is 0 Å². The smallest absolute Gasteiger partial charge is 0.0805 e. The molecule has 1 atom stereocenters. The third-order valence-electron chi connectivity index (χ3n) is 3.75. The highest BCUT2D eigenvalue weighted by Crippen LogP contribution is 2.34. The summed E-state index contributed by atoms with van der Waals surface area (Å²) in [5, 5.41) is 2.14. The van der Waals surface area contributed by atoms with Crippen molar-refractivity contribution in [1.29, 1.82) is 0 Å². The van der Waals surface area contributed by atoms with Gasteiger partial charge in [0.2, 0.25) is 0 Å². The molecule has 1 unspecified atom stereocenters. The van der Waals surface area contributed by atoms with Gasteiger partial charge in [0.1, 0.15) is 0 Å². The topological polar surface area (TPSA) is 51.4 Å². The van der Waals surface area contributed by atoms with Crippen LogP contribution in [0.25, 0.3) is 10.8 Å². The van der Waals surface area contributed by atoms with Crippen molar-refractivity contribution in [3.8, 4) is 0 Å². The first-order valence-electron chi connectivity index (χ1n) is 7.01. The van der Waals surface area contributed by atoms with E-state index in [1.165, 1.54) is 0 Å². The maximum atomic E-state index is 6.37. The third kappa shape index (κ3) is 2.31. The van der Waals surface area contributed by atoms with Crippen LogP contribution in [0.5, 0.6) is 0 Å². The Hall–Kier alpha value is -1.81. The normalized spacial score (nSPS) is 22.1. The van der Waals surface area contributed by atoms with Crippen LogP contribution in [-0.2, 0) is 4.74 Å². The van der Waals surface area contributed by atoms with E-state index in [9.17, 15) is 0 Å². The van der Waals surface area contributed by atoms with Crippen LogP contribution in [0, 0.1) is 0 Å². The number of pyridine rings is 1. The molecule has 0 bridgehead atoms. The van der Waals surface area contributed by atoms with E-state index in [1.807, 2.05) is 12.3 Å². The predicted octanol–water partition coefficient (Wildman–Crippen LogP) is 2.82. The van der Waals surface area contributed by atoms with E-state index in [4.69, 9.17) is 10.5 Å². The molecule has 1 saturated heterocycles. The molecule has 0 saturated carbocycles. The fourth-order valence-electron chi connectivity index (χ4n) is 3.09. The first-order valence-corrected chi connectivity index (χ1v) is 7.01. The largest absolute Gasteiger partial charge is 0.397 e. The molecule has 1 aliphatic rings. The molecule has 3 rings (SSSR count). The highest BCUT2D eigenvalue weighted by Gasteiger charge is 2.32. The van der Waals surface area contributed by atoms with E-state index in [-0.39, 0.29) is 11.7 Å². The maximum Gasteiger partial charge on any atom is 0.0805 e. The molecule has 0 radical (unpaired) electrons. The lowest BCUT2D eigenvalue weighted by atomic mass is 10.0. The number of anilines is 2. The first-order chi connectivity index (χ1) is 9.46. The summed E-state index contributed by atoms with van der Waals surface area (Å²) >= 11 is 0. The Labute approximate surface area is 119 Å². The van der Waals surface area contributed by atoms with Crippen molar-refractivity contribution in [2.45, 2.75) is 32.5 Å². The predicted molar refractivity (Wildman–Crippen MR) is 83.0 cm³/mol. The second-order valence-corrected chi connectivity index (χ2v) is 6.16. The molecule has 1 fully saturated rings. The molecular formula is C16H21N3O. The lowest BCUT2D eigenvalue weighted by Crippen LogP contribution is -2.52.